The highest BCUT2D eigenvalue weighted by Gasteiger charge is 2.28. The molecule has 1 aromatic carbocycles. The first-order valence-corrected chi connectivity index (χ1v) is 7.16. The summed E-state index contributed by atoms with van der Waals surface area (Å²) in [5.74, 6) is 1.04. The molecule has 2 N–H and O–H groups in total. The Balaban J connectivity index is 2.07. The van der Waals surface area contributed by atoms with E-state index in [1.807, 2.05) is 32.9 Å². The standard InChI is InChI=1S/C16H23N3O2/c1-11(2)20-10-16(4,17)15-18-14(21-19-15)9-13-7-5-6-12(3)8-13/h5-8,11H,9-10,17H2,1-4H3. The Morgan fingerprint density at radius 3 is 2.81 bits per heavy atom. The first kappa shape index (κ1) is 15.7. The summed E-state index contributed by atoms with van der Waals surface area (Å²) in [4.78, 5) is 4.40. The molecule has 21 heavy (non-hydrogen) atoms. The van der Waals surface area contributed by atoms with E-state index in [-0.39, 0.29) is 6.10 Å². The average Bonchev–Trinajstić information content (AvgIpc) is 2.86. The molecule has 0 spiro atoms. The van der Waals surface area contributed by atoms with E-state index in [0.717, 1.165) is 5.56 Å². The minimum atomic E-state index is -0.751. The van der Waals surface area contributed by atoms with Gasteiger partial charge in [0.15, 0.2) is 5.82 Å². The van der Waals surface area contributed by atoms with Gasteiger partial charge in [0.25, 0.3) is 0 Å². The molecule has 1 heterocycles. The molecule has 0 saturated heterocycles. The number of aryl methyl sites for hydroxylation is 1. The van der Waals surface area contributed by atoms with E-state index in [4.69, 9.17) is 15.0 Å². The van der Waals surface area contributed by atoms with Crippen LogP contribution in [-0.2, 0) is 16.7 Å². The van der Waals surface area contributed by atoms with Crippen molar-refractivity contribution in [3.05, 3.63) is 47.1 Å². The molecule has 114 valence electrons. The van der Waals surface area contributed by atoms with E-state index in [9.17, 15) is 0 Å². The number of benzene rings is 1. The van der Waals surface area contributed by atoms with E-state index < -0.39 is 5.54 Å². The molecule has 0 aliphatic rings. The van der Waals surface area contributed by atoms with Crippen molar-refractivity contribution in [2.45, 2.75) is 45.8 Å². The van der Waals surface area contributed by atoms with Crippen molar-refractivity contribution in [3.8, 4) is 0 Å². The molecule has 1 atom stereocenters. The number of nitrogens with zero attached hydrogens (tertiary/aromatic N) is 2. The average molecular weight is 289 g/mol. The zero-order valence-corrected chi connectivity index (χ0v) is 13.1. The van der Waals surface area contributed by atoms with Gasteiger partial charge in [-0.3, -0.25) is 0 Å². The van der Waals surface area contributed by atoms with Crippen LogP contribution in [0, 0.1) is 6.92 Å². The first-order chi connectivity index (χ1) is 9.87. The molecule has 5 nitrogen and oxygen atoms in total. The van der Waals surface area contributed by atoms with Gasteiger partial charge in [-0.1, -0.05) is 35.0 Å². The van der Waals surface area contributed by atoms with Crippen molar-refractivity contribution < 1.29 is 9.26 Å². The SMILES string of the molecule is Cc1cccc(Cc2nc(C(C)(N)COC(C)C)no2)c1. The molecule has 0 saturated carbocycles. The summed E-state index contributed by atoms with van der Waals surface area (Å²) >= 11 is 0. The molecule has 2 rings (SSSR count). The molecule has 2 aromatic rings. The highest BCUT2D eigenvalue weighted by molar-refractivity contribution is 5.24. The summed E-state index contributed by atoms with van der Waals surface area (Å²) < 4.78 is 10.9. The lowest BCUT2D eigenvalue weighted by Gasteiger charge is -2.21. The van der Waals surface area contributed by atoms with Crippen molar-refractivity contribution in [1.82, 2.24) is 10.1 Å². The van der Waals surface area contributed by atoms with Crippen LogP contribution >= 0.6 is 0 Å². The fourth-order valence-electron chi connectivity index (χ4n) is 1.96. The second-order valence-corrected chi connectivity index (χ2v) is 5.95. The van der Waals surface area contributed by atoms with Crippen LogP contribution in [0.3, 0.4) is 0 Å². The van der Waals surface area contributed by atoms with Crippen molar-refractivity contribution in [2.24, 2.45) is 5.73 Å². The molecule has 5 heteroatoms. The number of rotatable bonds is 6. The summed E-state index contributed by atoms with van der Waals surface area (Å²) in [5.41, 5.74) is 7.81. The smallest absolute Gasteiger partial charge is 0.231 e. The monoisotopic (exact) mass is 289 g/mol. The molecular formula is C16H23N3O2. The number of hydrogen-bond donors (Lipinski definition) is 1. The predicted molar refractivity (Wildman–Crippen MR) is 80.9 cm³/mol. The Morgan fingerprint density at radius 1 is 1.38 bits per heavy atom. The van der Waals surface area contributed by atoms with Gasteiger partial charge in [0.2, 0.25) is 5.89 Å². The van der Waals surface area contributed by atoms with E-state index in [1.165, 1.54) is 5.56 Å². The minimum absolute atomic E-state index is 0.117. The van der Waals surface area contributed by atoms with Crippen molar-refractivity contribution in [3.63, 3.8) is 0 Å². The van der Waals surface area contributed by atoms with E-state index >= 15 is 0 Å². The number of nitrogens with two attached hydrogens (primary N) is 1. The third-order valence-corrected chi connectivity index (χ3v) is 3.13. The zero-order valence-electron chi connectivity index (χ0n) is 13.1. The second-order valence-electron chi connectivity index (χ2n) is 5.95. The molecule has 0 aliphatic heterocycles. The Morgan fingerprint density at radius 2 is 2.14 bits per heavy atom. The number of hydrogen-bond acceptors (Lipinski definition) is 5. The maximum absolute atomic E-state index is 6.21. The molecule has 1 aromatic heterocycles. The van der Waals surface area contributed by atoms with Crippen LogP contribution in [0.15, 0.2) is 28.8 Å². The third-order valence-electron chi connectivity index (χ3n) is 3.13. The lowest BCUT2D eigenvalue weighted by molar-refractivity contribution is 0.0410. The zero-order chi connectivity index (χ0) is 15.5. The Kier molecular flexibility index (Phi) is 4.75. The van der Waals surface area contributed by atoms with Crippen LogP contribution in [-0.4, -0.2) is 22.9 Å². The van der Waals surface area contributed by atoms with Gasteiger partial charge in [0.05, 0.1) is 19.1 Å². The number of ether oxygens (including phenoxy) is 1. The largest absolute Gasteiger partial charge is 0.376 e. The Labute approximate surface area is 125 Å². The maximum Gasteiger partial charge on any atom is 0.231 e. The molecule has 0 radical (unpaired) electrons. The van der Waals surface area contributed by atoms with Gasteiger partial charge in [0.1, 0.15) is 5.54 Å². The topological polar surface area (TPSA) is 74.2 Å². The van der Waals surface area contributed by atoms with E-state index in [0.29, 0.717) is 24.7 Å². The van der Waals surface area contributed by atoms with Gasteiger partial charge in [-0.05, 0) is 33.3 Å². The second kappa shape index (κ2) is 6.37. The highest BCUT2D eigenvalue weighted by atomic mass is 16.5. The molecule has 0 aliphatic carbocycles. The van der Waals surface area contributed by atoms with Gasteiger partial charge in [-0.2, -0.15) is 4.98 Å². The molecule has 1 unspecified atom stereocenters. The van der Waals surface area contributed by atoms with Crippen molar-refractivity contribution >= 4 is 0 Å². The normalized spacial score (nSPS) is 14.4. The highest BCUT2D eigenvalue weighted by Crippen LogP contribution is 2.17. The van der Waals surface area contributed by atoms with Crippen LogP contribution in [0.4, 0.5) is 0 Å². The van der Waals surface area contributed by atoms with Crippen LogP contribution < -0.4 is 5.73 Å². The molecular weight excluding hydrogens is 266 g/mol. The van der Waals surface area contributed by atoms with Gasteiger partial charge >= 0.3 is 0 Å². The van der Waals surface area contributed by atoms with Crippen LogP contribution in [0.25, 0.3) is 0 Å². The lowest BCUT2D eigenvalue weighted by atomic mass is 10.0. The minimum Gasteiger partial charge on any atom is -0.376 e. The van der Waals surface area contributed by atoms with Gasteiger partial charge < -0.3 is 15.0 Å². The van der Waals surface area contributed by atoms with Gasteiger partial charge in [-0.25, -0.2) is 0 Å². The van der Waals surface area contributed by atoms with Crippen LogP contribution in [0.5, 0.6) is 0 Å². The molecule has 0 fully saturated rings. The maximum atomic E-state index is 6.21. The first-order valence-electron chi connectivity index (χ1n) is 7.16. The third kappa shape index (κ3) is 4.37. The summed E-state index contributed by atoms with van der Waals surface area (Å²) in [6.07, 6.45) is 0.724. The van der Waals surface area contributed by atoms with E-state index in [1.54, 1.807) is 0 Å². The Bertz CT molecular complexity index is 591. The summed E-state index contributed by atoms with van der Waals surface area (Å²) in [6, 6.07) is 8.22. The quantitative estimate of drug-likeness (QED) is 0.884. The van der Waals surface area contributed by atoms with Gasteiger partial charge in [0, 0.05) is 0 Å². The van der Waals surface area contributed by atoms with E-state index in [2.05, 4.69) is 29.2 Å². The number of aromatic nitrogens is 2. The predicted octanol–water partition coefficient (Wildman–Crippen LogP) is 2.57. The summed E-state index contributed by atoms with van der Waals surface area (Å²) in [5, 5.41) is 3.99. The Hall–Kier alpha value is -1.72. The fourth-order valence-corrected chi connectivity index (χ4v) is 1.96. The summed E-state index contributed by atoms with van der Waals surface area (Å²) in [6.45, 7) is 8.19. The van der Waals surface area contributed by atoms with Crippen LogP contribution in [0.1, 0.15) is 43.6 Å². The summed E-state index contributed by atoms with van der Waals surface area (Å²) in [7, 11) is 0. The van der Waals surface area contributed by atoms with Crippen molar-refractivity contribution in [2.75, 3.05) is 6.61 Å². The fraction of sp³-hybridized carbons (Fsp3) is 0.500. The van der Waals surface area contributed by atoms with Gasteiger partial charge in [-0.15, -0.1) is 0 Å². The van der Waals surface area contributed by atoms with Crippen molar-refractivity contribution in [1.29, 1.82) is 0 Å². The molecule has 0 bridgehead atoms. The molecule has 0 amide bonds. The van der Waals surface area contributed by atoms with Crippen LogP contribution in [0.2, 0.25) is 0 Å². The lowest BCUT2D eigenvalue weighted by Crippen LogP contribution is -2.40.